The molecule has 1 aromatic heterocycles. The zero-order valence-corrected chi connectivity index (χ0v) is 18.4. The van der Waals surface area contributed by atoms with Crippen molar-refractivity contribution in [1.82, 2.24) is 4.68 Å². The number of hydrogen-bond acceptors (Lipinski definition) is 3. The lowest BCUT2D eigenvalue weighted by Gasteiger charge is -2.11. The second-order valence-corrected chi connectivity index (χ2v) is 7.64. The minimum atomic E-state index is -0.153. The van der Waals surface area contributed by atoms with Gasteiger partial charge in [0.15, 0.2) is 0 Å². The number of aromatic nitrogens is 1. The number of rotatable bonds is 6. The van der Waals surface area contributed by atoms with E-state index in [4.69, 9.17) is 4.74 Å². The summed E-state index contributed by atoms with van der Waals surface area (Å²) in [6.07, 6.45) is 1.81. The summed E-state index contributed by atoms with van der Waals surface area (Å²) in [6.45, 7) is 5.95. The van der Waals surface area contributed by atoms with Gasteiger partial charge < -0.3 is 4.74 Å². The summed E-state index contributed by atoms with van der Waals surface area (Å²) < 4.78 is 7.65. The van der Waals surface area contributed by atoms with Crippen LogP contribution in [0, 0.1) is 20.8 Å². The van der Waals surface area contributed by atoms with E-state index in [-0.39, 0.29) is 5.91 Å². The first-order valence-corrected chi connectivity index (χ1v) is 10.4. The van der Waals surface area contributed by atoms with Crippen LogP contribution in [-0.2, 0) is 0 Å². The van der Waals surface area contributed by atoms with Crippen LogP contribution in [0.2, 0.25) is 0 Å². The van der Waals surface area contributed by atoms with Gasteiger partial charge in [-0.2, -0.15) is 0 Å². The van der Waals surface area contributed by atoms with Gasteiger partial charge in [-0.25, -0.2) is 0 Å². The molecule has 32 heavy (non-hydrogen) atoms. The molecular weight excluding hydrogens is 398 g/mol. The second kappa shape index (κ2) is 9.35. The number of benzene rings is 3. The van der Waals surface area contributed by atoms with Gasteiger partial charge in [-0.3, -0.25) is 19.9 Å². The number of carbonyl (C=O) groups is 1. The van der Waals surface area contributed by atoms with Crippen molar-refractivity contribution in [3.05, 3.63) is 113 Å². The molecule has 0 saturated carbocycles. The topological polar surface area (TPSA) is 55.6 Å². The smallest absolute Gasteiger partial charge is 0.270 e. The van der Waals surface area contributed by atoms with E-state index < -0.39 is 0 Å². The molecule has 0 unspecified atom stereocenters. The van der Waals surface area contributed by atoms with Crippen LogP contribution in [-0.4, -0.2) is 16.8 Å². The van der Waals surface area contributed by atoms with Gasteiger partial charge in [0.25, 0.3) is 5.91 Å². The molecule has 5 heteroatoms. The minimum Gasteiger partial charge on any atom is -0.457 e. The Labute approximate surface area is 188 Å². The number of carbonyl (C=O) groups excluding carboxylic acids is 1. The molecule has 0 aliphatic carbocycles. The van der Waals surface area contributed by atoms with Crippen LogP contribution in [0.5, 0.6) is 11.5 Å². The standard InChI is InChI=1S/C27H25N3O2/c1-19-9-13-25(14-10-19)32-26-15-11-24(12-16-26)28-18-23-17-20(2)30(21(23)3)29-27(31)22-7-5-4-6-8-22/h4-18H,1-3H3,(H,29,31). The van der Waals surface area contributed by atoms with Crippen molar-refractivity contribution in [1.29, 1.82) is 0 Å². The second-order valence-electron chi connectivity index (χ2n) is 7.64. The molecule has 0 saturated heterocycles. The van der Waals surface area contributed by atoms with Crippen molar-refractivity contribution < 1.29 is 9.53 Å². The van der Waals surface area contributed by atoms with Gasteiger partial charge in [-0.15, -0.1) is 0 Å². The van der Waals surface area contributed by atoms with Crippen LogP contribution in [0.15, 0.2) is 89.9 Å². The molecule has 0 radical (unpaired) electrons. The Balaban J connectivity index is 1.44. The molecule has 0 bridgehead atoms. The van der Waals surface area contributed by atoms with Gasteiger partial charge in [0.1, 0.15) is 11.5 Å². The number of amides is 1. The van der Waals surface area contributed by atoms with Gasteiger partial charge in [0.05, 0.1) is 5.69 Å². The zero-order chi connectivity index (χ0) is 22.5. The highest BCUT2D eigenvalue weighted by Gasteiger charge is 2.11. The van der Waals surface area contributed by atoms with Crippen LogP contribution in [0.1, 0.15) is 32.9 Å². The van der Waals surface area contributed by atoms with E-state index in [0.29, 0.717) is 5.56 Å². The average Bonchev–Trinajstić information content (AvgIpc) is 3.08. The van der Waals surface area contributed by atoms with E-state index in [1.54, 1.807) is 16.8 Å². The summed E-state index contributed by atoms with van der Waals surface area (Å²) in [4.78, 5) is 17.1. The predicted molar refractivity (Wildman–Crippen MR) is 129 cm³/mol. The minimum absolute atomic E-state index is 0.153. The molecule has 4 rings (SSSR count). The van der Waals surface area contributed by atoms with Gasteiger partial charge in [-0.05, 0) is 75.4 Å². The lowest BCUT2D eigenvalue weighted by Crippen LogP contribution is -2.24. The Morgan fingerprint density at radius 1 is 0.875 bits per heavy atom. The van der Waals surface area contributed by atoms with Crippen molar-refractivity contribution in [3.63, 3.8) is 0 Å². The van der Waals surface area contributed by atoms with Crippen molar-refractivity contribution in [2.24, 2.45) is 4.99 Å². The molecule has 0 aliphatic rings. The first-order valence-electron chi connectivity index (χ1n) is 10.4. The Kier molecular flexibility index (Phi) is 6.17. The third-order valence-corrected chi connectivity index (χ3v) is 5.17. The molecule has 0 fully saturated rings. The van der Waals surface area contributed by atoms with E-state index in [1.165, 1.54) is 5.56 Å². The number of aryl methyl sites for hydroxylation is 2. The number of aliphatic imine (C=N–C) groups is 1. The molecule has 1 N–H and O–H groups in total. The summed E-state index contributed by atoms with van der Waals surface area (Å²) in [6, 6.07) is 26.7. The summed E-state index contributed by atoms with van der Waals surface area (Å²) >= 11 is 0. The van der Waals surface area contributed by atoms with E-state index in [1.807, 2.05) is 99.8 Å². The Morgan fingerprint density at radius 3 is 2.16 bits per heavy atom. The van der Waals surface area contributed by atoms with Gasteiger partial charge in [0.2, 0.25) is 0 Å². The first kappa shape index (κ1) is 21.1. The zero-order valence-electron chi connectivity index (χ0n) is 18.4. The van der Waals surface area contributed by atoms with Crippen LogP contribution in [0.3, 0.4) is 0 Å². The molecule has 4 aromatic rings. The maximum atomic E-state index is 12.5. The lowest BCUT2D eigenvalue weighted by molar-refractivity contribution is 0.101. The lowest BCUT2D eigenvalue weighted by atomic mass is 10.2. The van der Waals surface area contributed by atoms with Crippen LogP contribution >= 0.6 is 0 Å². The molecule has 5 nitrogen and oxygen atoms in total. The maximum absolute atomic E-state index is 12.5. The normalized spacial score (nSPS) is 11.0. The van der Waals surface area contributed by atoms with E-state index in [0.717, 1.165) is 34.1 Å². The quantitative estimate of drug-likeness (QED) is 0.368. The highest BCUT2D eigenvalue weighted by atomic mass is 16.5. The Hall–Kier alpha value is -4.12. The Morgan fingerprint density at radius 2 is 1.50 bits per heavy atom. The average molecular weight is 424 g/mol. The number of hydrogen-bond donors (Lipinski definition) is 1. The van der Waals surface area contributed by atoms with Crippen molar-refractivity contribution in [2.45, 2.75) is 20.8 Å². The summed E-state index contributed by atoms with van der Waals surface area (Å²) in [5.41, 5.74) is 8.35. The number of nitrogens with one attached hydrogen (secondary N) is 1. The maximum Gasteiger partial charge on any atom is 0.270 e. The van der Waals surface area contributed by atoms with Gasteiger partial charge >= 0.3 is 0 Å². The summed E-state index contributed by atoms with van der Waals surface area (Å²) in [7, 11) is 0. The highest BCUT2D eigenvalue weighted by molar-refractivity contribution is 6.00. The van der Waals surface area contributed by atoms with Crippen molar-refractivity contribution >= 4 is 17.8 Å². The van der Waals surface area contributed by atoms with E-state index >= 15 is 0 Å². The van der Waals surface area contributed by atoms with Crippen molar-refractivity contribution in [2.75, 3.05) is 5.43 Å². The predicted octanol–water partition coefficient (Wildman–Crippen LogP) is 6.34. The van der Waals surface area contributed by atoms with Crippen LogP contribution in [0.25, 0.3) is 0 Å². The molecule has 1 heterocycles. The van der Waals surface area contributed by atoms with E-state index in [9.17, 15) is 4.79 Å². The molecule has 1 amide bonds. The first-order chi connectivity index (χ1) is 15.5. The Bertz CT molecular complexity index is 1240. The molecule has 160 valence electrons. The largest absolute Gasteiger partial charge is 0.457 e. The number of nitrogens with zero attached hydrogens (tertiary/aromatic N) is 2. The summed E-state index contributed by atoms with van der Waals surface area (Å²) in [5.74, 6) is 1.41. The number of ether oxygens (including phenoxy) is 1. The molecule has 3 aromatic carbocycles. The molecule has 0 atom stereocenters. The molecule has 0 spiro atoms. The van der Waals surface area contributed by atoms with Crippen LogP contribution in [0.4, 0.5) is 5.69 Å². The highest BCUT2D eigenvalue weighted by Crippen LogP contribution is 2.24. The van der Waals surface area contributed by atoms with Gasteiger partial charge in [0, 0.05) is 28.7 Å². The van der Waals surface area contributed by atoms with Crippen molar-refractivity contribution in [3.8, 4) is 11.5 Å². The third kappa shape index (κ3) is 4.95. The molecular formula is C27H25N3O2. The van der Waals surface area contributed by atoms with E-state index in [2.05, 4.69) is 10.4 Å². The SMILES string of the molecule is Cc1ccc(Oc2ccc(N=Cc3cc(C)n(NC(=O)c4ccccc4)c3C)cc2)cc1. The van der Waals surface area contributed by atoms with Crippen LogP contribution < -0.4 is 10.2 Å². The third-order valence-electron chi connectivity index (χ3n) is 5.17. The monoisotopic (exact) mass is 423 g/mol. The fraction of sp³-hybridized carbons (Fsp3) is 0.111. The fourth-order valence-corrected chi connectivity index (χ4v) is 3.33. The van der Waals surface area contributed by atoms with Gasteiger partial charge in [-0.1, -0.05) is 35.9 Å². The molecule has 0 aliphatic heterocycles. The fourth-order valence-electron chi connectivity index (χ4n) is 3.33. The summed E-state index contributed by atoms with van der Waals surface area (Å²) in [5, 5.41) is 0.